The molecule has 1 aliphatic heterocycles. The highest BCUT2D eigenvalue weighted by molar-refractivity contribution is 5.84. The minimum atomic E-state index is -5.84. The molecule has 0 spiro atoms. The van der Waals surface area contributed by atoms with Crippen LogP contribution in [0.3, 0.4) is 0 Å². The van der Waals surface area contributed by atoms with E-state index in [1.165, 1.54) is 7.11 Å². The van der Waals surface area contributed by atoms with Crippen molar-refractivity contribution in [3.05, 3.63) is 0 Å². The number of nitrogens with zero attached hydrogens (tertiary/aromatic N) is 1. The molecule has 1 rings (SSSR count). The van der Waals surface area contributed by atoms with Gasteiger partial charge < -0.3 is 9.64 Å². The highest BCUT2D eigenvalue weighted by Crippen LogP contribution is 2.37. The average Bonchev–Trinajstić information content (AvgIpc) is 2.64. The Bertz CT molecular complexity index is 292. The van der Waals surface area contributed by atoms with Crippen molar-refractivity contribution in [3.63, 3.8) is 0 Å². The van der Waals surface area contributed by atoms with Crippen molar-refractivity contribution in [2.24, 2.45) is 5.92 Å². The van der Waals surface area contributed by atoms with Gasteiger partial charge in [0.15, 0.2) is 0 Å². The Kier molecular flexibility index (Phi) is 3.95. The monoisotopic (exact) mass is 261 g/mol. The summed E-state index contributed by atoms with van der Waals surface area (Å²) >= 11 is 0. The topological polar surface area (TPSA) is 29.5 Å². The first-order valence-electron chi connectivity index (χ1n) is 4.93. The quantitative estimate of drug-likeness (QED) is 0.723. The SMILES string of the molecule is COCC1CCN(C(=O)C(F)(F)C(F)(F)F)C1. The second-order valence-corrected chi connectivity index (χ2v) is 3.93. The first kappa shape index (κ1) is 14.1. The van der Waals surface area contributed by atoms with Gasteiger partial charge in [-0.3, -0.25) is 4.79 Å². The Balaban J connectivity index is 2.67. The van der Waals surface area contributed by atoms with E-state index >= 15 is 0 Å². The normalized spacial score (nSPS) is 22.0. The molecule has 0 saturated carbocycles. The molecule has 1 atom stereocenters. The second kappa shape index (κ2) is 4.75. The maximum absolute atomic E-state index is 12.7. The van der Waals surface area contributed by atoms with Gasteiger partial charge in [0, 0.05) is 26.1 Å². The van der Waals surface area contributed by atoms with Crippen LogP contribution in [0.4, 0.5) is 22.0 Å². The fourth-order valence-corrected chi connectivity index (χ4v) is 1.71. The lowest BCUT2D eigenvalue weighted by molar-refractivity contribution is -0.274. The largest absolute Gasteiger partial charge is 0.463 e. The summed E-state index contributed by atoms with van der Waals surface area (Å²) in [5.74, 6) is -7.67. The number of halogens is 5. The number of rotatable bonds is 3. The molecule has 0 bridgehead atoms. The third-order valence-corrected chi connectivity index (χ3v) is 2.60. The maximum Gasteiger partial charge on any atom is 0.463 e. The van der Waals surface area contributed by atoms with E-state index in [0.717, 1.165) is 0 Å². The van der Waals surface area contributed by atoms with Gasteiger partial charge in [-0.2, -0.15) is 22.0 Å². The number of amides is 1. The van der Waals surface area contributed by atoms with Gasteiger partial charge in [-0.25, -0.2) is 0 Å². The number of methoxy groups -OCH3 is 1. The fraction of sp³-hybridized carbons (Fsp3) is 0.889. The van der Waals surface area contributed by atoms with Gasteiger partial charge in [-0.05, 0) is 6.42 Å². The highest BCUT2D eigenvalue weighted by Gasteiger charge is 2.64. The Morgan fingerprint density at radius 1 is 1.35 bits per heavy atom. The van der Waals surface area contributed by atoms with Crippen LogP contribution in [0.25, 0.3) is 0 Å². The van der Waals surface area contributed by atoms with E-state index in [0.29, 0.717) is 11.3 Å². The van der Waals surface area contributed by atoms with Crippen LogP contribution >= 0.6 is 0 Å². The number of ether oxygens (including phenoxy) is 1. The molecule has 1 aliphatic rings. The average molecular weight is 261 g/mol. The molecule has 0 aromatic heterocycles. The molecule has 17 heavy (non-hydrogen) atoms. The molecule has 1 fully saturated rings. The Hall–Kier alpha value is -0.920. The summed E-state index contributed by atoms with van der Waals surface area (Å²) in [6.45, 7) is 0.0121. The lowest BCUT2D eigenvalue weighted by Gasteiger charge is -2.24. The molecule has 1 unspecified atom stereocenters. The minimum absolute atomic E-state index is 0.0987. The number of hydrogen-bond acceptors (Lipinski definition) is 2. The standard InChI is InChI=1S/C9H12F5NO2/c1-17-5-6-2-3-15(4-6)7(16)8(10,11)9(12,13)14/h6H,2-5H2,1H3. The molecule has 100 valence electrons. The van der Waals surface area contributed by atoms with E-state index in [9.17, 15) is 26.7 Å². The zero-order valence-electron chi connectivity index (χ0n) is 9.06. The van der Waals surface area contributed by atoms with Crippen molar-refractivity contribution in [3.8, 4) is 0 Å². The van der Waals surface area contributed by atoms with Crippen LogP contribution in [0.5, 0.6) is 0 Å². The molecule has 1 heterocycles. The fourth-order valence-electron chi connectivity index (χ4n) is 1.71. The molecule has 1 amide bonds. The first-order valence-corrected chi connectivity index (χ1v) is 4.93. The summed E-state index contributed by atoms with van der Waals surface area (Å²) < 4.78 is 66.1. The zero-order chi connectivity index (χ0) is 13.3. The number of carbonyl (C=O) groups excluding carboxylic acids is 1. The van der Waals surface area contributed by atoms with E-state index in [1.54, 1.807) is 0 Å². The van der Waals surface area contributed by atoms with Crippen molar-refractivity contribution in [1.29, 1.82) is 0 Å². The molecule has 1 saturated heterocycles. The van der Waals surface area contributed by atoms with Crippen LogP contribution in [0.15, 0.2) is 0 Å². The molecule has 0 aromatic rings. The first-order chi connectivity index (χ1) is 7.70. The molecule has 3 nitrogen and oxygen atoms in total. The van der Waals surface area contributed by atoms with Crippen LogP contribution in [0.2, 0.25) is 0 Å². The second-order valence-electron chi connectivity index (χ2n) is 3.93. The number of likely N-dealkylation sites (tertiary alicyclic amines) is 1. The number of hydrogen-bond donors (Lipinski definition) is 0. The molecule has 0 N–H and O–H groups in total. The Morgan fingerprint density at radius 3 is 2.41 bits per heavy atom. The van der Waals surface area contributed by atoms with Crippen molar-refractivity contribution < 1.29 is 31.5 Å². The summed E-state index contributed by atoms with van der Waals surface area (Å²) in [7, 11) is 1.40. The van der Waals surface area contributed by atoms with E-state index in [1.807, 2.05) is 0 Å². The summed E-state index contributed by atoms with van der Waals surface area (Å²) in [6, 6.07) is 0. The van der Waals surface area contributed by atoms with Crippen molar-refractivity contribution in [2.75, 3.05) is 26.8 Å². The van der Waals surface area contributed by atoms with Crippen LogP contribution in [-0.2, 0) is 9.53 Å². The summed E-state index contributed by atoms with van der Waals surface area (Å²) in [5, 5.41) is 0. The van der Waals surface area contributed by atoms with Crippen molar-refractivity contribution in [2.45, 2.75) is 18.5 Å². The zero-order valence-corrected chi connectivity index (χ0v) is 9.06. The molecule has 0 aliphatic carbocycles. The van der Waals surface area contributed by atoms with Crippen molar-refractivity contribution in [1.82, 2.24) is 4.90 Å². The van der Waals surface area contributed by atoms with Crippen LogP contribution in [-0.4, -0.2) is 49.7 Å². The maximum atomic E-state index is 12.7. The number of carbonyl (C=O) groups is 1. The van der Waals surface area contributed by atoms with Gasteiger partial charge >= 0.3 is 18.0 Å². The van der Waals surface area contributed by atoms with E-state index < -0.39 is 18.0 Å². The van der Waals surface area contributed by atoms with Crippen LogP contribution in [0, 0.1) is 5.92 Å². The molecule has 8 heteroatoms. The van der Waals surface area contributed by atoms with Gasteiger partial charge in [-0.15, -0.1) is 0 Å². The molecular weight excluding hydrogens is 249 g/mol. The summed E-state index contributed by atoms with van der Waals surface area (Å²) in [6.07, 6.45) is -5.48. The van der Waals surface area contributed by atoms with Crippen LogP contribution < -0.4 is 0 Å². The Morgan fingerprint density at radius 2 is 1.94 bits per heavy atom. The predicted molar refractivity (Wildman–Crippen MR) is 47.6 cm³/mol. The van der Waals surface area contributed by atoms with Gasteiger partial charge in [0.1, 0.15) is 0 Å². The minimum Gasteiger partial charge on any atom is -0.384 e. The summed E-state index contributed by atoms with van der Waals surface area (Å²) in [5.41, 5.74) is 0. The summed E-state index contributed by atoms with van der Waals surface area (Å²) in [4.78, 5) is 11.6. The number of alkyl halides is 5. The Labute approximate surface area is 94.5 Å². The van der Waals surface area contributed by atoms with Crippen LogP contribution in [0.1, 0.15) is 6.42 Å². The predicted octanol–water partition coefficient (Wildman–Crippen LogP) is 1.68. The van der Waals surface area contributed by atoms with E-state index in [2.05, 4.69) is 0 Å². The smallest absolute Gasteiger partial charge is 0.384 e. The molecule has 0 aromatic carbocycles. The third-order valence-electron chi connectivity index (χ3n) is 2.60. The van der Waals surface area contributed by atoms with Gasteiger partial charge in [0.05, 0.1) is 6.61 Å². The van der Waals surface area contributed by atoms with Gasteiger partial charge in [-0.1, -0.05) is 0 Å². The third kappa shape index (κ3) is 2.85. The molecular formula is C9H12F5NO2. The van der Waals surface area contributed by atoms with Gasteiger partial charge in [0.25, 0.3) is 0 Å². The van der Waals surface area contributed by atoms with E-state index in [-0.39, 0.29) is 25.6 Å². The van der Waals surface area contributed by atoms with E-state index in [4.69, 9.17) is 4.74 Å². The molecule has 0 radical (unpaired) electrons. The lowest BCUT2D eigenvalue weighted by atomic mass is 10.1. The van der Waals surface area contributed by atoms with Crippen molar-refractivity contribution >= 4 is 5.91 Å². The lowest BCUT2D eigenvalue weighted by Crippen LogP contribution is -2.51. The highest BCUT2D eigenvalue weighted by atomic mass is 19.4. The van der Waals surface area contributed by atoms with Gasteiger partial charge in [0.2, 0.25) is 0 Å².